The summed E-state index contributed by atoms with van der Waals surface area (Å²) in [5.41, 5.74) is -0.453. The number of carbonyl (C=O) groups is 1. The van der Waals surface area contributed by atoms with Crippen molar-refractivity contribution in [3.63, 3.8) is 0 Å². The van der Waals surface area contributed by atoms with Crippen molar-refractivity contribution in [1.29, 1.82) is 0 Å². The molecule has 0 radical (unpaired) electrons. The van der Waals surface area contributed by atoms with Gasteiger partial charge in [0.15, 0.2) is 6.39 Å². The Morgan fingerprint density at radius 3 is 2.89 bits per heavy atom. The van der Waals surface area contributed by atoms with Gasteiger partial charge in [0.2, 0.25) is 0 Å². The zero-order valence-corrected chi connectivity index (χ0v) is 11.9. The average Bonchev–Trinajstić information content (AvgIpc) is 2.71. The van der Waals surface area contributed by atoms with Crippen LogP contribution >= 0.6 is 0 Å². The standard InChI is InChI=1S/C14H22N2O3/c1-14(2,3)19-13(17)16-7-5-4-6-11(9-16)12-8-15-10-18-12/h8,10-11H,4-7,9H2,1-3H3. The number of hydrogen-bond acceptors (Lipinski definition) is 4. The van der Waals surface area contributed by atoms with Crippen molar-refractivity contribution in [2.75, 3.05) is 13.1 Å². The second kappa shape index (κ2) is 5.63. The first kappa shape index (κ1) is 13.9. The van der Waals surface area contributed by atoms with E-state index in [1.54, 1.807) is 11.1 Å². The molecule has 2 heterocycles. The number of carbonyl (C=O) groups excluding carboxylic acids is 1. The van der Waals surface area contributed by atoms with Gasteiger partial charge in [-0.05, 0) is 33.6 Å². The minimum atomic E-state index is -0.453. The lowest BCUT2D eigenvalue weighted by atomic mass is 10.0. The molecule has 2 rings (SSSR count). The summed E-state index contributed by atoms with van der Waals surface area (Å²) in [7, 11) is 0. The highest BCUT2D eigenvalue weighted by molar-refractivity contribution is 5.68. The van der Waals surface area contributed by atoms with Crippen molar-refractivity contribution in [3.8, 4) is 0 Å². The molecular formula is C14H22N2O3. The number of likely N-dealkylation sites (tertiary alicyclic amines) is 1. The molecule has 0 bridgehead atoms. The van der Waals surface area contributed by atoms with Crippen LogP contribution in [-0.2, 0) is 4.74 Å². The van der Waals surface area contributed by atoms with Gasteiger partial charge in [-0.25, -0.2) is 9.78 Å². The molecule has 0 saturated carbocycles. The zero-order valence-electron chi connectivity index (χ0n) is 11.9. The van der Waals surface area contributed by atoms with Gasteiger partial charge in [-0.3, -0.25) is 0 Å². The van der Waals surface area contributed by atoms with Crippen LogP contribution in [0.25, 0.3) is 0 Å². The molecule has 0 N–H and O–H groups in total. The minimum Gasteiger partial charge on any atom is -0.448 e. The Bertz CT molecular complexity index is 409. The highest BCUT2D eigenvalue weighted by Crippen LogP contribution is 2.27. The lowest BCUT2D eigenvalue weighted by molar-refractivity contribution is 0.0246. The van der Waals surface area contributed by atoms with Gasteiger partial charge in [0.05, 0.1) is 6.20 Å². The Morgan fingerprint density at radius 2 is 2.26 bits per heavy atom. The summed E-state index contributed by atoms with van der Waals surface area (Å²) < 4.78 is 10.8. The molecule has 1 amide bonds. The zero-order chi connectivity index (χ0) is 13.9. The second-order valence-electron chi connectivity index (χ2n) is 6.02. The Labute approximate surface area is 113 Å². The van der Waals surface area contributed by atoms with E-state index in [0.29, 0.717) is 6.54 Å². The normalized spacial score (nSPS) is 21.0. The number of aromatic nitrogens is 1. The van der Waals surface area contributed by atoms with E-state index in [1.807, 2.05) is 20.8 Å². The molecule has 106 valence electrons. The van der Waals surface area contributed by atoms with Gasteiger partial charge in [0.1, 0.15) is 11.4 Å². The summed E-state index contributed by atoms with van der Waals surface area (Å²) in [4.78, 5) is 17.9. The number of amides is 1. The predicted molar refractivity (Wildman–Crippen MR) is 70.9 cm³/mol. The summed E-state index contributed by atoms with van der Waals surface area (Å²) in [6.07, 6.45) is 6.06. The van der Waals surface area contributed by atoms with Crippen LogP contribution in [-0.4, -0.2) is 34.7 Å². The maximum absolute atomic E-state index is 12.1. The third-order valence-corrected chi connectivity index (χ3v) is 3.18. The fourth-order valence-electron chi connectivity index (χ4n) is 2.29. The monoisotopic (exact) mass is 266 g/mol. The van der Waals surface area contributed by atoms with Crippen LogP contribution in [0.2, 0.25) is 0 Å². The first-order valence-electron chi connectivity index (χ1n) is 6.82. The molecule has 5 heteroatoms. The molecule has 19 heavy (non-hydrogen) atoms. The summed E-state index contributed by atoms with van der Waals surface area (Å²) in [6, 6.07) is 0. The molecule has 1 unspecified atom stereocenters. The number of oxazole rings is 1. The van der Waals surface area contributed by atoms with Crippen molar-refractivity contribution >= 4 is 6.09 Å². The van der Waals surface area contributed by atoms with E-state index >= 15 is 0 Å². The van der Waals surface area contributed by atoms with Gasteiger partial charge in [-0.15, -0.1) is 0 Å². The van der Waals surface area contributed by atoms with Crippen LogP contribution in [0.1, 0.15) is 51.7 Å². The lowest BCUT2D eigenvalue weighted by Gasteiger charge is -2.27. The van der Waals surface area contributed by atoms with Gasteiger partial charge < -0.3 is 14.1 Å². The van der Waals surface area contributed by atoms with Crippen molar-refractivity contribution in [2.24, 2.45) is 0 Å². The lowest BCUT2D eigenvalue weighted by Crippen LogP contribution is -2.38. The predicted octanol–water partition coefficient (Wildman–Crippen LogP) is 3.18. The molecule has 1 atom stereocenters. The molecule has 0 spiro atoms. The van der Waals surface area contributed by atoms with Gasteiger partial charge in [-0.1, -0.05) is 6.42 Å². The first-order valence-corrected chi connectivity index (χ1v) is 6.82. The van der Waals surface area contributed by atoms with Gasteiger partial charge >= 0.3 is 6.09 Å². The molecular weight excluding hydrogens is 244 g/mol. The SMILES string of the molecule is CC(C)(C)OC(=O)N1CCCCC(c2cnco2)C1. The summed E-state index contributed by atoms with van der Waals surface area (Å²) in [5, 5.41) is 0. The van der Waals surface area contributed by atoms with Crippen LogP contribution < -0.4 is 0 Å². The topological polar surface area (TPSA) is 55.6 Å². The maximum Gasteiger partial charge on any atom is 0.410 e. The minimum absolute atomic E-state index is 0.220. The molecule has 1 aliphatic heterocycles. The Balaban J connectivity index is 2.02. The van der Waals surface area contributed by atoms with Gasteiger partial charge in [-0.2, -0.15) is 0 Å². The number of rotatable bonds is 1. The van der Waals surface area contributed by atoms with Gasteiger partial charge in [0, 0.05) is 19.0 Å². The Kier molecular flexibility index (Phi) is 4.12. The molecule has 1 fully saturated rings. The van der Waals surface area contributed by atoms with E-state index in [1.165, 1.54) is 6.39 Å². The van der Waals surface area contributed by atoms with Crippen LogP contribution in [0.4, 0.5) is 4.79 Å². The number of nitrogens with zero attached hydrogens (tertiary/aromatic N) is 2. The van der Waals surface area contributed by atoms with E-state index in [-0.39, 0.29) is 12.0 Å². The highest BCUT2D eigenvalue weighted by atomic mass is 16.6. The smallest absolute Gasteiger partial charge is 0.410 e. The van der Waals surface area contributed by atoms with Crippen LogP contribution in [0.15, 0.2) is 17.0 Å². The largest absolute Gasteiger partial charge is 0.448 e. The van der Waals surface area contributed by atoms with E-state index in [0.717, 1.165) is 31.6 Å². The fourth-order valence-corrected chi connectivity index (χ4v) is 2.29. The van der Waals surface area contributed by atoms with E-state index in [4.69, 9.17) is 9.15 Å². The molecule has 5 nitrogen and oxygen atoms in total. The van der Waals surface area contributed by atoms with E-state index in [2.05, 4.69) is 4.98 Å². The van der Waals surface area contributed by atoms with E-state index in [9.17, 15) is 4.79 Å². The van der Waals surface area contributed by atoms with E-state index < -0.39 is 5.60 Å². The maximum atomic E-state index is 12.1. The Morgan fingerprint density at radius 1 is 1.47 bits per heavy atom. The highest BCUT2D eigenvalue weighted by Gasteiger charge is 2.28. The molecule has 1 aliphatic rings. The summed E-state index contributed by atoms with van der Waals surface area (Å²) in [5.74, 6) is 1.08. The summed E-state index contributed by atoms with van der Waals surface area (Å²) >= 11 is 0. The molecule has 1 aromatic rings. The summed E-state index contributed by atoms with van der Waals surface area (Å²) in [6.45, 7) is 7.05. The second-order valence-corrected chi connectivity index (χ2v) is 6.02. The van der Waals surface area contributed by atoms with Crippen molar-refractivity contribution in [3.05, 3.63) is 18.4 Å². The fraction of sp³-hybridized carbons (Fsp3) is 0.714. The quantitative estimate of drug-likeness (QED) is 0.783. The molecule has 0 aromatic carbocycles. The van der Waals surface area contributed by atoms with Crippen molar-refractivity contribution in [1.82, 2.24) is 9.88 Å². The third-order valence-electron chi connectivity index (χ3n) is 3.18. The van der Waals surface area contributed by atoms with Crippen molar-refractivity contribution < 1.29 is 13.9 Å². The Hall–Kier alpha value is -1.52. The molecule has 1 saturated heterocycles. The van der Waals surface area contributed by atoms with Crippen molar-refractivity contribution in [2.45, 2.75) is 51.6 Å². The average molecular weight is 266 g/mol. The van der Waals surface area contributed by atoms with Crippen LogP contribution in [0, 0.1) is 0 Å². The van der Waals surface area contributed by atoms with Crippen LogP contribution in [0.5, 0.6) is 0 Å². The number of ether oxygens (including phenoxy) is 1. The van der Waals surface area contributed by atoms with Gasteiger partial charge in [0.25, 0.3) is 0 Å². The third kappa shape index (κ3) is 3.98. The first-order chi connectivity index (χ1) is 8.96. The molecule has 1 aromatic heterocycles. The molecule has 0 aliphatic carbocycles. The number of hydrogen-bond donors (Lipinski definition) is 0. The van der Waals surface area contributed by atoms with Crippen LogP contribution in [0.3, 0.4) is 0 Å².